The molecule has 19 heavy (non-hydrogen) atoms. The molecule has 2 rings (SSSR count). The van der Waals surface area contributed by atoms with Gasteiger partial charge in [0.15, 0.2) is 0 Å². The number of hydrogen-bond acceptors (Lipinski definition) is 5. The Labute approximate surface area is 128 Å². The summed E-state index contributed by atoms with van der Waals surface area (Å²) in [5.74, 6) is 0.491. The molecule has 1 heterocycles. The molecule has 100 valence electrons. The quantitative estimate of drug-likeness (QED) is 0.604. The van der Waals surface area contributed by atoms with Gasteiger partial charge in [0, 0.05) is 21.3 Å². The fourth-order valence-corrected chi connectivity index (χ4v) is 4.01. The molecule has 0 aliphatic rings. The van der Waals surface area contributed by atoms with Gasteiger partial charge in [-0.1, -0.05) is 33.8 Å². The van der Waals surface area contributed by atoms with E-state index in [1.165, 1.54) is 7.11 Å². The highest BCUT2D eigenvalue weighted by Crippen LogP contribution is 2.29. The lowest BCUT2D eigenvalue weighted by Gasteiger charge is -2.05. The molecule has 6 heteroatoms. The Morgan fingerprint density at radius 2 is 2.32 bits per heavy atom. The molecular weight excluding hydrogens is 346 g/mol. The Balaban J connectivity index is 2.07. The number of thioether (sulfide) groups is 1. The molecule has 0 aliphatic heterocycles. The second-order valence-corrected chi connectivity index (χ2v) is 6.78. The summed E-state index contributed by atoms with van der Waals surface area (Å²) < 4.78 is 6.66. The van der Waals surface area contributed by atoms with Crippen LogP contribution in [0.3, 0.4) is 0 Å². The highest BCUT2D eigenvalue weighted by molar-refractivity contribution is 9.10. The Morgan fingerprint density at radius 3 is 2.89 bits per heavy atom. The second-order valence-electron chi connectivity index (χ2n) is 3.84. The summed E-state index contributed by atoms with van der Waals surface area (Å²) in [6.07, 6.45) is 0. The molecule has 0 atom stereocenters. The number of ether oxygens (including phenoxy) is 1. The number of aryl methyl sites for hydroxylation is 1. The molecule has 0 aliphatic carbocycles. The molecular formula is C13H12BrNO2S2. The minimum atomic E-state index is -0.324. The molecule has 0 saturated carbocycles. The molecule has 1 aromatic carbocycles. The van der Waals surface area contributed by atoms with Gasteiger partial charge in [-0.25, -0.2) is 9.78 Å². The smallest absolute Gasteiger partial charge is 0.337 e. The van der Waals surface area contributed by atoms with E-state index in [0.717, 1.165) is 25.8 Å². The maximum absolute atomic E-state index is 11.4. The summed E-state index contributed by atoms with van der Waals surface area (Å²) in [6, 6.07) is 5.50. The molecule has 0 saturated heterocycles. The van der Waals surface area contributed by atoms with Crippen molar-refractivity contribution in [1.82, 2.24) is 4.98 Å². The van der Waals surface area contributed by atoms with E-state index in [1.54, 1.807) is 35.2 Å². The molecule has 0 unspecified atom stereocenters. The van der Waals surface area contributed by atoms with Crippen LogP contribution in [0.15, 0.2) is 32.4 Å². The number of carbonyl (C=O) groups is 1. The first-order valence-electron chi connectivity index (χ1n) is 5.52. The van der Waals surface area contributed by atoms with Gasteiger partial charge in [-0.3, -0.25) is 0 Å². The predicted octanol–water partition coefficient (Wildman–Crippen LogP) is 4.29. The van der Waals surface area contributed by atoms with Crippen LogP contribution in [0.5, 0.6) is 0 Å². The van der Waals surface area contributed by atoms with Crippen molar-refractivity contribution in [3.8, 4) is 0 Å². The molecule has 0 radical (unpaired) electrons. The Bertz CT molecular complexity index is 598. The minimum absolute atomic E-state index is 0.324. The van der Waals surface area contributed by atoms with Gasteiger partial charge in [-0.2, -0.15) is 0 Å². The monoisotopic (exact) mass is 357 g/mol. The number of nitrogens with zero attached hydrogens (tertiary/aromatic N) is 1. The number of esters is 1. The van der Waals surface area contributed by atoms with Gasteiger partial charge in [0.25, 0.3) is 0 Å². The first kappa shape index (κ1) is 14.6. The molecule has 0 spiro atoms. The molecule has 0 N–H and O–H groups in total. The van der Waals surface area contributed by atoms with Crippen molar-refractivity contribution in [3.05, 3.63) is 44.9 Å². The molecule has 0 bridgehead atoms. The SMILES string of the molecule is COC(=O)c1ccc(CSc2nc(C)cs2)c(Br)c1. The number of hydrogen-bond donors (Lipinski definition) is 0. The number of halogens is 1. The third kappa shape index (κ3) is 3.81. The second kappa shape index (κ2) is 6.54. The van der Waals surface area contributed by atoms with Crippen LogP contribution in [0.2, 0.25) is 0 Å². The first-order valence-corrected chi connectivity index (χ1v) is 8.17. The highest BCUT2D eigenvalue weighted by Gasteiger charge is 2.09. The lowest BCUT2D eigenvalue weighted by Crippen LogP contribution is -2.01. The van der Waals surface area contributed by atoms with Crippen molar-refractivity contribution in [3.63, 3.8) is 0 Å². The zero-order valence-corrected chi connectivity index (χ0v) is 13.7. The molecule has 3 nitrogen and oxygen atoms in total. The molecule has 2 aromatic rings. The van der Waals surface area contributed by atoms with Crippen LogP contribution in [0, 0.1) is 6.92 Å². The number of thiazole rings is 1. The van der Waals surface area contributed by atoms with Gasteiger partial charge in [-0.15, -0.1) is 11.3 Å². The average molecular weight is 358 g/mol. The topological polar surface area (TPSA) is 39.2 Å². The normalized spacial score (nSPS) is 10.5. The summed E-state index contributed by atoms with van der Waals surface area (Å²) in [4.78, 5) is 15.8. The van der Waals surface area contributed by atoms with Gasteiger partial charge in [0.2, 0.25) is 0 Å². The van der Waals surface area contributed by atoms with Gasteiger partial charge in [0.1, 0.15) is 4.34 Å². The van der Waals surface area contributed by atoms with Gasteiger partial charge in [0.05, 0.1) is 12.7 Å². The van der Waals surface area contributed by atoms with E-state index in [-0.39, 0.29) is 5.97 Å². The zero-order chi connectivity index (χ0) is 13.8. The van der Waals surface area contributed by atoms with E-state index in [2.05, 4.69) is 25.7 Å². The fourth-order valence-electron chi connectivity index (χ4n) is 1.45. The maximum atomic E-state index is 11.4. The van der Waals surface area contributed by atoms with E-state index in [9.17, 15) is 4.79 Å². The van der Waals surface area contributed by atoms with Crippen molar-refractivity contribution in [2.45, 2.75) is 17.0 Å². The summed E-state index contributed by atoms with van der Waals surface area (Å²) in [6.45, 7) is 1.99. The van der Waals surface area contributed by atoms with Crippen LogP contribution in [0.25, 0.3) is 0 Å². The summed E-state index contributed by atoms with van der Waals surface area (Å²) in [5.41, 5.74) is 2.73. The van der Waals surface area contributed by atoms with Crippen molar-refractivity contribution >= 4 is 45.0 Å². The van der Waals surface area contributed by atoms with Crippen LogP contribution < -0.4 is 0 Å². The van der Waals surface area contributed by atoms with Gasteiger partial charge < -0.3 is 4.74 Å². The van der Waals surface area contributed by atoms with Crippen LogP contribution in [-0.4, -0.2) is 18.1 Å². The van der Waals surface area contributed by atoms with Crippen molar-refractivity contribution in [2.24, 2.45) is 0 Å². The number of rotatable bonds is 4. The van der Waals surface area contributed by atoms with Gasteiger partial charge >= 0.3 is 5.97 Å². The largest absolute Gasteiger partial charge is 0.465 e. The number of benzene rings is 1. The average Bonchev–Trinajstić information content (AvgIpc) is 2.82. The Kier molecular flexibility index (Phi) is 5.01. The third-order valence-corrected chi connectivity index (χ3v) is 5.35. The Morgan fingerprint density at radius 1 is 1.53 bits per heavy atom. The summed E-state index contributed by atoms with van der Waals surface area (Å²) in [7, 11) is 1.38. The van der Waals surface area contributed by atoms with Crippen LogP contribution in [-0.2, 0) is 10.5 Å². The van der Waals surface area contributed by atoms with E-state index >= 15 is 0 Å². The predicted molar refractivity (Wildman–Crippen MR) is 81.9 cm³/mol. The molecule has 1 aromatic heterocycles. The minimum Gasteiger partial charge on any atom is -0.465 e. The maximum Gasteiger partial charge on any atom is 0.337 e. The highest BCUT2D eigenvalue weighted by atomic mass is 79.9. The molecule has 0 fully saturated rings. The van der Waals surface area contributed by atoms with Crippen LogP contribution >= 0.6 is 39.0 Å². The first-order chi connectivity index (χ1) is 9.10. The fraction of sp³-hybridized carbons (Fsp3) is 0.231. The number of carbonyl (C=O) groups excluding carboxylic acids is 1. The lowest BCUT2D eigenvalue weighted by atomic mass is 10.1. The van der Waals surface area contributed by atoms with E-state index in [0.29, 0.717) is 5.56 Å². The third-order valence-electron chi connectivity index (χ3n) is 2.42. The van der Waals surface area contributed by atoms with Crippen LogP contribution in [0.4, 0.5) is 0 Å². The van der Waals surface area contributed by atoms with Crippen LogP contribution in [0.1, 0.15) is 21.6 Å². The van der Waals surface area contributed by atoms with Gasteiger partial charge in [-0.05, 0) is 24.6 Å². The molecule has 0 amide bonds. The van der Waals surface area contributed by atoms with E-state index < -0.39 is 0 Å². The lowest BCUT2D eigenvalue weighted by molar-refractivity contribution is 0.0600. The van der Waals surface area contributed by atoms with Crippen molar-refractivity contribution in [1.29, 1.82) is 0 Å². The van der Waals surface area contributed by atoms with E-state index in [1.807, 2.05) is 18.4 Å². The number of methoxy groups -OCH3 is 1. The van der Waals surface area contributed by atoms with Crippen molar-refractivity contribution < 1.29 is 9.53 Å². The summed E-state index contributed by atoms with van der Waals surface area (Å²) >= 11 is 6.82. The summed E-state index contributed by atoms with van der Waals surface area (Å²) in [5, 5.41) is 2.04. The van der Waals surface area contributed by atoms with E-state index in [4.69, 9.17) is 0 Å². The zero-order valence-electron chi connectivity index (χ0n) is 10.5. The Hall–Kier alpha value is -0.850. The standard InChI is InChI=1S/C13H12BrNO2S2/c1-8-6-18-13(15-8)19-7-10-4-3-9(5-11(10)14)12(16)17-2/h3-6H,7H2,1-2H3. The van der Waals surface area contributed by atoms with Crippen molar-refractivity contribution in [2.75, 3.05) is 7.11 Å². The number of aromatic nitrogens is 1.